The summed E-state index contributed by atoms with van der Waals surface area (Å²) in [4.78, 5) is 51.9. The second-order valence-electron chi connectivity index (χ2n) is 12.5. The van der Waals surface area contributed by atoms with Gasteiger partial charge in [0, 0.05) is 12.5 Å². The molecule has 1 aromatic carbocycles. The number of hydrogen-bond acceptors (Lipinski definition) is 9. The number of benzene rings is 1. The minimum Gasteiger partial charge on any atom is -0.461 e. The second-order valence-corrected chi connectivity index (χ2v) is 12.5. The quantitative estimate of drug-likeness (QED) is 0.197. The average Bonchev–Trinajstić information content (AvgIpc) is 3.43. The molecule has 3 amide bonds. The Kier molecular flexibility index (Phi) is 10.2. The third-order valence-electron chi connectivity index (χ3n) is 5.24. The van der Waals surface area contributed by atoms with Gasteiger partial charge >= 0.3 is 24.2 Å². The molecule has 0 spiro atoms. The normalized spacial score (nSPS) is 18.6. The smallest absolute Gasteiger partial charge is 0.417 e. The van der Waals surface area contributed by atoms with Gasteiger partial charge in [-0.25, -0.2) is 19.3 Å². The Morgan fingerprint density at radius 3 is 1.88 bits per heavy atom. The number of rotatable bonds is 6. The maximum atomic E-state index is 13.1. The van der Waals surface area contributed by atoms with Gasteiger partial charge in [-0.1, -0.05) is 30.3 Å². The highest BCUT2D eigenvalue weighted by atomic mass is 16.6. The number of hydrogen-bond donors (Lipinski definition) is 3. The maximum absolute atomic E-state index is 13.1. The minimum absolute atomic E-state index is 0.0217. The van der Waals surface area contributed by atoms with Gasteiger partial charge in [-0.05, 0) is 67.9 Å². The molecule has 3 N–H and O–H groups in total. The first kappa shape index (κ1) is 32.4. The average molecular weight is 563 g/mol. The van der Waals surface area contributed by atoms with Crippen molar-refractivity contribution in [2.24, 2.45) is 11.8 Å². The molecule has 0 bridgehead atoms. The van der Waals surface area contributed by atoms with E-state index in [1.54, 1.807) is 62.3 Å². The third-order valence-corrected chi connectivity index (χ3v) is 5.24. The van der Waals surface area contributed by atoms with E-state index in [2.05, 4.69) is 10.6 Å². The largest absolute Gasteiger partial charge is 0.461 e. The van der Waals surface area contributed by atoms with E-state index in [0.717, 1.165) is 10.5 Å². The van der Waals surface area contributed by atoms with Gasteiger partial charge in [0.1, 0.15) is 23.4 Å². The highest BCUT2D eigenvalue weighted by molar-refractivity contribution is 6.00. The lowest BCUT2D eigenvalue weighted by Gasteiger charge is -2.28. The maximum Gasteiger partial charge on any atom is 0.417 e. The van der Waals surface area contributed by atoms with Crippen molar-refractivity contribution in [2.45, 2.75) is 91.8 Å². The highest BCUT2D eigenvalue weighted by Crippen LogP contribution is 2.41. The van der Waals surface area contributed by atoms with E-state index in [-0.39, 0.29) is 13.2 Å². The fourth-order valence-corrected chi connectivity index (χ4v) is 3.64. The van der Waals surface area contributed by atoms with Crippen molar-refractivity contribution in [3.8, 4) is 0 Å². The van der Waals surface area contributed by atoms with Gasteiger partial charge in [0.15, 0.2) is 0 Å². The topological polar surface area (TPSA) is 156 Å². The molecule has 2 rings (SSSR count). The SMILES string of the molecule is CC(C)(C)OC(=O)NC(=N)N(C[C@H]1[C@@H](NC(=O)OC(C)(C)C)[C@@H]1C(=O)OCc1ccccc1)C(=O)OC(C)(C)C. The van der Waals surface area contributed by atoms with Gasteiger partial charge in [-0.3, -0.25) is 15.5 Å². The van der Waals surface area contributed by atoms with Crippen molar-refractivity contribution >= 4 is 30.2 Å². The molecule has 12 nitrogen and oxygen atoms in total. The Labute approximate surface area is 235 Å². The van der Waals surface area contributed by atoms with Gasteiger partial charge in [-0.15, -0.1) is 0 Å². The molecule has 0 unspecified atom stereocenters. The van der Waals surface area contributed by atoms with Crippen molar-refractivity contribution in [3.05, 3.63) is 35.9 Å². The van der Waals surface area contributed by atoms with Crippen LogP contribution in [-0.4, -0.2) is 64.5 Å². The number of nitrogens with zero attached hydrogens (tertiary/aromatic N) is 1. The Bertz CT molecular complexity index is 1090. The Balaban J connectivity index is 2.25. The van der Waals surface area contributed by atoms with E-state index in [1.165, 1.54) is 0 Å². The molecular weight excluding hydrogens is 520 g/mol. The number of esters is 1. The first-order valence-corrected chi connectivity index (χ1v) is 13.0. The summed E-state index contributed by atoms with van der Waals surface area (Å²) in [5.41, 5.74) is -1.75. The summed E-state index contributed by atoms with van der Waals surface area (Å²) in [6.07, 6.45) is -2.61. The van der Waals surface area contributed by atoms with Gasteiger partial charge in [0.2, 0.25) is 5.96 Å². The molecule has 1 aliphatic rings. The lowest BCUT2D eigenvalue weighted by Crippen LogP contribution is -2.50. The van der Waals surface area contributed by atoms with E-state index in [0.29, 0.717) is 0 Å². The molecule has 1 saturated carbocycles. The molecule has 40 heavy (non-hydrogen) atoms. The summed E-state index contributed by atoms with van der Waals surface area (Å²) in [6.45, 7) is 14.8. The minimum atomic E-state index is -0.941. The molecule has 3 atom stereocenters. The molecule has 222 valence electrons. The summed E-state index contributed by atoms with van der Waals surface area (Å²) in [6, 6.07) is 8.34. The molecule has 1 aliphatic carbocycles. The van der Waals surface area contributed by atoms with Crippen molar-refractivity contribution in [1.29, 1.82) is 5.41 Å². The first-order valence-electron chi connectivity index (χ1n) is 13.0. The number of nitrogens with one attached hydrogen (secondary N) is 3. The summed E-state index contributed by atoms with van der Waals surface area (Å²) < 4.78 is 21.5. The van der Waals surface area contributed by atoms with Crippen LogP contribution in [0.2, 0.25) is 0 Å². The number of amides is 3. The van der Waals surface area contributed by atoms with Crippen LogP contribution in [0, 0.1) is 17.2 Å². The third kappa shape index (κ3) is 11.1. The first-order chi connectivity index (χ1) is 18.3. The van der Waals surface area contributed by atoms with Crippen molar-refractivity contribution in [3.63, 3.8) is 0 Å². The Morgan fingerprint density at radius 2 is 1.35 bits per heavy atom. The Hall–Kier alpha value is -3.83. The van der Waals surface area contributed by atoms with Crippen LogP contribution in [-0.2, 0) is 30.3 Å². The van der Waals surface area contributed by atoms with Gasteiger partial charge in [0.05, 0.1) is 12.0 Å². The molecule has 0 heterocycles. The fourth-order valence-electron chi connectivity index (χ4n) is 3.64. The lowest BCUT2D eigenvalue weighted by atomic mass is 10.2. The zero-order valence-corrected chi connectivity index (χ0v) is 24.7. The van der Waals surface area contributed by atoms with Crippen LogP contribution in [0.3, 0.4) is 0 Å². The van der Waals surface area contributed by atoms with Crippen LogP contribution in [0.25, 0.3) is 0 Å². The molecule has 1 fully saturated rings. The number of ether oxygens (including phenoxy) is 4. The molecular formula is C28H42N4O8. The monoisotopic (exact) mass is 562 g/mol. The van der Waals surface area contributed by atoms with Gasteiger partial charge in [-0.2, -0.15) is 0 Å². The predicted octanol–water partition coefficient (Wildman–Crippen LogP) is 4.57. The van der Waals surface area contributed by atoms with E-state index >= 15 is 0 Å². The number of carbonyl (C=O) groups is 4. The molecule has 0 aliphatic heterocycles. The number of carbonyl (C=O) groups excluding carboxylic acids is 4. The van der Waals surface area contributed by atoms with E-state index in [4.69, 9.17) is 24.4 Å². The number of guanidine groups is 1. The van der Waals surface area contributed by atoms with Crippen LogP contribution in [0.4, 0.5) is 14.4 Å². The van der Waals surface area contributed by atoms with E-state index in [9.17, 15) is 19.2 Å². The summed E-state index contributed by atoms with van der Waals surface area (Å²) in [7, 11) is 0. The molecule has 12 heteroatoms. The second kappa shape index (κ2) is 12.6. The van der Waals surface area contributed by atoms with E-state index < -0.39 is 64.9 Å². The summed E-state index contributed by atoms with van der Waals surface area (Å²) >= 11 is 0. The standard InChI is InChI=1S/C28H42N4O8/c1-26(2,3)38-23(34)30-20-18(19(20)21(33)37-16-17-13-11-10-12-14-17)15-32(25(36)40-28(7,8)9)22(29)31-24(35)39-27(4,5)6/h10-14,18-20H,15-16H2,1-9H3,(H,30,34)(H2,29,31,35)/t18-,19-,20-/m1/s1. The summed E-state index contributed by atoms with van der Waals surface area (Å²) in [5.74, 6) is -2.70. The number of alkyl carbamates (subject to hydrolysis) is 2. The molecule has 1 aromatic rings. The van der Waals surface area contributed by atoms with Gasteiger partial charge < -0.3 is 24.3 Å². The van der Waals surface area contributed by atoms with Crippen LogP contribution >= 0.6 is 0 Å². The molecule has 0 aromatic heterocycles. The van der Waals surface area contributed by atoms with Crippen LogP contribution in [0.15, 0.2) is 30.3 Å². The van der Waals surface area contributed by atoms with Crippen LogP contribution in [0.1, 0.15) is 67.9 Å². The lowest BCUT2D eigenvalue weighted by molar-refractivity contribution is -0.147. The van der Waals surface area contributed by atoms with E-state index in [1.807, 2.05) is 30.3 Å². The fraction of sp³-hybridized carbons (Fsp3) is 0.607. The van der Waals surface area contributed by atoms with Crippen molar-refractivity contribution in [2.75, 3.05) is 6.54 Å². The zero-order chi connectivity index (χ0) is 30.5. The van der Waals surface area contributed by atoms with Crippen LogP contribution < -0.4 is 10.6 Å². The van der Waals surface area contributed by atoms with Crippen molar-refractivity contribution < 1.29 is 38.1 Å². The predicted molar refractivity (Wildman–Crippen MR) is 146 cm³/mol. The summed E-state index contributed by atoms with van der Waals surface area (Å²) in [5, 5.41) is 13.3. The Morgan fingerprint density at radius 1 is 0.825 bits per heavy atom. The highest BCUT2D eigenvalue weighted by Gasteiger charge is 2.58. The zero-order valence-electron chi connectivity index (χ0n) is 24.7. The molecule has 0 radical (unpaired) electrons. The van der Waals surface area contributed by atoms with Crippen molar-refractivity contribution in [1.82, 2.24) is 15.5 Å². The van der Waals surface area contributed by atoms with Gasteiger partial charge in [0.25, 0.3) is 0 Å². The molecule has 0 saturated heterocycles. The van der Waals surface area contributed by atoms with Crippen LogP contribution in [0.5, 0.6) is 0 Å².